The van der Waals surface area contributed by atoms with E-state index in [0.717, 1.165) is 12.5 Å². The van der Waals surface area contributed by atoms with Crippen LogP contribution in [0.3, 0.4) is 0 Å². The number of nitrogens with one attached hydrogen (secondary N) is 1. The predicted octanol–water partition coefficient (Wildman–Crippen LogP) is 2.29. The molecule has 18 heavy (non-hydrogen) atoms. The number of hydrogen-bond acceptors (Lipinski definition) is 3. The summed E-state index contributed by atoms with van der Waals surface area (Å²) < 4.78 is 0. The Balaban J connectivity index is 1.61. The van der Waals surface area contributed by atoms with Gasteiger partial charge in [0.25, 0.3) is 0 Å². The van der Waals surface area contributed by atoms with Crippen LogP contribution in [0, 0.1) is 5.92 Å². The van der Waals surface area contributed by atoms with E-state index in [1.165, 1.54) is 51.0 Å². The van der Waals surface area contributed by atoms with E-state index in [1.54, 1.807) is 0 Å². The summed E-state index contributed by atoms with van der Waals surface area (Å²) in [5, 5.41) is 3.49. The van der Waals surface area contributed by atoms with E-state index in [-0.39, 0.29) is 0 Å². The van der Waals surface area contributed by atoms with Crippen LogP contribution < -0.4 is 5.32 Å². The molecule has 0 amide bonds. The molecule has 0 aromatic carbocycles. The number of pyridine rings is 1. The average Bonchev–Trinajstić information content (AvgIpc) is 2.41. The Labute approximate surface area is 111 Å². The third-order valence-electron chi connectivity index (χ3n) is 3.71. The molecular weight excluding hydrogens is 222 g/mol. The fourth-order valence-corrected chi connectivity index (χ4v) is 2.67. The van der Waals surface area contributed by atoms with Gasteiger partial charge in [-0.2, -0.15) is 0 Å². The van der Waals surface area contributed by atoms with Crippen LogP contribution in [0.2, 0.25) is 0 Å². The Bertz CT molecular complexity index is 320. The number of rotatable bonds is 6. The van der Waals surface area contributed by atoms with Gasteiger partial charge in [-0.05, 0) is 70.4 Å². The van der Waals surface area contributed by atoms with E-state index >= 15 is 0 Å². The Morgan fingerprint density at radius 2 is 2.39 bits per heavy atom. The summed E-state index contributed by atoms with van der Waals surface area (Å²) in [6.45, 7) is 4.58. The van der Waals surface area contributed by atoms with E-state index in [2.05, 4.69) is 34.4 Å². The standard InChI is InChI=1S/C15H25N3/c1-18(13-15-8-2-3-10-17-15)11-5-7-14-6-4-9-16-12-14/h2-3,8,10,14,16H,4-7,9,11-13H2,1H3. The zero-order valence-corrected chi connectivity index (χ0v) is 11.4. The Morgan fingerprint density at radius 3 is 3.11 bits per heavy atom. The maximum atomic E-state index is 4.36. The Morgan fingerprint density at radius 1 is 1.44 bits per heavy atom. The predicted molar refractivity (Wildman–Crippen MR) is 75.4 cm³/mol. The number of hydrogen-bond donors (Lipinski definition) is 1. The molecule has 1 saturated heterocycles. The quantitative estimate of drug-likeness (QED) is 0.836. The highest BCUT2D eigenvalue weighted by Gasteiger charge is 2.12. The van der Waals surface area contributed by atoms with E-state index < -0.39 is 0 Å². The van der Waals surface area contributed by atoms with Gasteiger partial charge in [0.1, 0.15) is 0 Å². The molecule has 1 aromatic rings. The smallest absolute Gasteiger partial charge is 0.0543 e. The van der Waals surface area contributed by atoms with Gasteiger partial charge in [0.2, 0.25) is 0 Å². The van der Waals surface area contributed by atoms with Gasteiger partial charge >= 0.3 is 0 Å². The van der Waals surface area contributed by atoms with Crippen LogP contribution in [0.15, 0.2) is 24.4 Å². The first kappa shape index (κ1) is 13.5. The van der Waals surface area contributed by atoms with Crippen molar-refractivity contribution in [2.45, 2.75) is 32.2 Å². The summed E-state index contributed by atoms with van der Waals surface area (Å²) in [5.74, 6) is 0.905. The van der Waals surface area contributed by atoms with E-state index in [4.69, 9.17) is 0 Å². The summed E-state index contributed by atoms with van der Waals surface area (Å²) in [4.78, 5) is 6.74. The Hall–Kier alpha value is -0.930. The van der Waals surface area contributed by atoms with E-state index in [9.17, 15) is 0 Å². The second-order valence-corrected chi connectivity index (χ2v) is 5.41. The third kappa shape index (κ3) is 4.75. The van der Waals surface area contributed by atoms with Gasteiger partial charge < -0.3 is 10.2 Å². The maximum Gasteiger partial charge on any atom is 0.0543 e. The molecule has 100 valence electrons. The Kier molecular flexibility index (Phi) is 5.62. The summed E-state index contributed by atoms with van der Waals surface area (Å²) in [5.41, 5.74) is 1.17. The molecule has 0 aliphatic carbocycles. The van der Waals surface area contributed by atoms with Crippen molar-refractivity contribution in [1.82, 2.24) is 15.2 Å². The number of aromatic nitrogens is 1. The molecule has 0 radical (unpaired) electrons. The average molecular weight is 247 g/mol. The van der Waals surface area contributed by atoms with Crippen LogP contribution in [0.1, 0.15) is 31.4 Å². The fourth-order valence-electron chi connectivity index (χ4n) is 2.67. The van der Waals surface area contributed by atoms with Crippen LogP contribution >= 0.6 is 0 Å². The zero-order chi connectivity index (χ0) is 12.6. The molecule has 1 aromatic heterocycles. The highest BCUT2D eigenvalue weighted by molar-refractivity contribution is 5.02. The third-order valence-corrected chi connectivity index (χ3v) is 3.71. The van der Waals surface area contributed by atoms with Gasteiger partial charge in [0, 0.05) is 12.7 Å². The molecule has 1 N–H and O–H groups in total. The second kappa shape index (κ2) is 7.49. The molecular formula is C15H25N3. The minimum atomic E-state index is 0.905. The minimum absolute atomic E-state index is 0.905. The molecule has 2 rings (SSSR count). The molecule has 0 bridgehead atoms. The van der Waals surface area contributed by atoms with E-state index in [0.29, 0.717) is 0 Å². The van der Waals surface area contributed by atoms with Gasteiger partial charge in [-0.15, -0.1) is 0 Å². The lowest BCUT2D eigenvalue weighted by Crippen LogP contribution is -2.30. The van der Waals surface area contributed by atoms with Gasteiger partial charge in [0.05, 0.1) is 5.69 Å². The molecule has 1 fully saturated rings. The number of piperidine rings is 1. The fraction of sp³-hybridized carbons (Fsp3) is 0.667. The van der Waals surface area contributed by atoms with Gasteiger partial charge in [-0.1, -0.05) is 6.07 Å². The molecule has 0 spiro atoms. The first-order valence-electron chi connectivity index (χ1n) is 7.14. The van der Waals surface area contributed by atoms with Crippen LogP contribution in [0.5, 0.6) is 0 Å². The normalized spacial score (nSPS) is 20.2. The van der Waals surface area contributed by atoms with Gasteiger partial charge in [-0.25, -0.2) is 0 Å². The highest BCUT2D eigenvalue weighted by atomic mass is 15.1. The van der Waals surface area contributed by atoms with Gasteiger partial charge in [-0.3, -0.25) is 4.98 Å². The molecule has 1 unspecified atom stereocenters. The first-order valence-corrected chi connectivity index (χ1v) is 7.14. The minimum Gasteiger partial charge on any atom is -0.316 e. The highest BCUT2D eigenvalue weighted by Crippen LogP contribution is 2.16. The lowest BCUT2D eigenvalue weighted by Gasteiger charge is -2.23. The lowest BCUT2D eigenvalue weighted by atomic mass is 9.95. The van der Waals surface area contributed by atoms with E-state index in [1.807, 2.05) is 12.3 Å². The van der Waals surface area contributed by atoms with Gasteiger partial charge in [0.15, 0.2) is 0 Å². The molecule has 2 heterocycles. The zero-order valence-electron chi connectivity index (χ0n) is 11.4. The molecule has 0 saturated carbocycles. The molecule has 1 atom stereocenters. The van der Waals surface area contributed by atoms with Crippen LogP contribution in [-0.2, 0) is 6.54 Å². The summed E-state index contributed by atoms with van der Waals surface area (Å²) in [6, 6.07) is 6.13. The van der Waals surface area contributed by atoms with Crippen molar-refractivity contribution >= 4 is 0 Å². The monoisotopic (exact) mass is 247 g/mol. The van der Waals surface area contributed by atoms with Crippen molar-refractivity contribution in [3.8, 4) is 0 Å². The lowest BCUT2D eigenvalue weighted by molar-refractivity contribution is 0.285. The van der Waals surface area contributed by atoms with Crippen molar-refractivity contribution < 1.29 is 0 Å². The largest absolute Gasteiger partial charge is 0.316 e. The maximum absolute atomic E-state index is 4.36. The van der Waals surface area contributed by atoms with Crippen LogP contribution in [0.4, 0.5) is 0 Å². The molecule has 3 heteroatoms. The van der Waals surface area contributed by atoms with Crippen molar-refractivity contribution in [3.05, 3.63) is 30.1 Å². The summed E-state index contributed by atoms with van der Waals surface area (Å²) in [6.07, 6.45) is 7.30. The topological polar surface area (TPSA) is 28.2 Å². The number of nitrogens with zero attached hydrogens (tertiary/aromatic N) is 2. The van der Waals surface area contributed by atoms with Crippen molar-refractivity contribution in [1.29, 1.82) is 0 Å². The molecule has 1 aliphatic heterocycles. The summed E-state index contributed by atoms with van der Waals surface area (Å²) >= 11 is 0. The molecule has 1 aliphatic rings. The van der Waals surface area contributed by atoms with Crippen LogP contribution in [-0.4, -0.2) is 36.6 Å². The van der Waals surface area contributed by atoms with Crippen molar-refractivity contribution in [2.75, 3.05) is 26.7 Å². The summed E-state index contributed by atoms with van der Waals surface area (Å²) in [7, 11) is 2.19. The van der Waals surface area contributed by atoms with Crippen molar-refractivity contribution in [3.63, 3.8) is 0 Å². The van der Waals surface area contributed by atoms with Crippen LogP contribution in [0.25, 0.3) is 0 Å². The first-order chi connectivity index (χ1) is 8.84. The second-order valence-electron chi connectivity index (χ2n) is 5.41. The molecule has 3 nitrogen and oxygen atoms in total. The van der Waals surface area contributed by atoms with Crippen molar-refractivity contribution in [2.24, 2.45) is 5.92 Å². The SMILES string of the molecule is CN(CCCC1CCCNC1)Cc1ccccn1.